The van der Waals surface area contributed by atoms with Crippen LogP contribution in [0.5, 0.6) is 5.75 Å². The predicted molar refractivity (Wildman–Crippen MR) is 103 cm³/mol. The molecule has 0 radical (unpaired) electrons. The van der Waals surface area contributed by atoms with Crippen LogP contribution in [0.3, 0.4) is 0 Å². The molecule has 0 unspecified atom stereocenters. The predicted octanol–water partition coefficient (Wildman–Crippen LogP) is 3.14. The number of hydrogen-bond acceptors (Lipinski definition) is 5. The molecule has 132 valence electrons. The van der Waals surface area contributed by atoms with Crippen molar-refractivity contribution in [3.05, 3.63) is 29.8 Å². The molecular weight excluding hydrogens is 340 g/mol. The fraction of sp³-hybridized carbons (Fsp3) is 0.611. The van der Waals surface area contributed by atoms with Crippen LogP contribution in [0.25, 0.3) is 0 Å². The van der Waals surface area contributed by atoms with E-state index in [0.717, 1.165) is 31.7 Å². The minimum absolute atomic E-state index is 0.0596. The molecule has 2 aliphatic rings. The number of carbonyl (C=O) groups is 1. The number of benzene rings is 1. The van der Waals surface area contributed by atoms with Crippen molar-refractivity contribution in [2.45, 2.75) is 29.9 Å². The van der Waals surface area contributed by atoms with Gasteiger partial charge in [0, 0.05) is 13.1 Å². The van der Waals surface area contributed by atoms with Crippen LogP contribution in [-0.2, 0) is 4.79 Å². The van der Waals surface area contributed by atoms with Gasteiger partial charge in [0.2, 0.25) is 0 Å². The van der Waals surface area contributed by atoms with Gasteiger partial charge in [-0.15, -0.1) is 23.5 Å². The Labute approximate surface area is 153 Å². The lowest BCUT2D eigenvalue weighted by Crippen LogP contribution is -2.45. The highest BCUT2D eigenvalue weighted by Crippen LogP contribution is 2.43. The molecule has 4 nitrogen and oxygen atoms in total. The molecule has 0 aliphatic carbocycles. The molecule has 1 N–H and O–H groups in total. The van der Waals surface area contributed by atoms with Crippen molar-refractivity contribution in [2.75, 3.05) is 38.2 Å². The lowest BCUT2D eigenvalue weighted by atomic mass is 10.1. The summed E-state index contributed by atoms with van der Waals surface area (Å²) in [5, 5.41) is 3.33. The second-order valence-electron chi connectivity index (χ2n) is 6.27. The van der Waals surface area contributed by atoms with Crippen molar-refractivity contribution >= 4 is 29.4 Å². The molecule has 0 bridgehead atoms. The van der Waals surface area contributed by atoms with E-state index in [1.165, 1.54) is 23.5 Å². The van der Waals surface area contributed by atoms with E-state index in [0.29, 0.717) is 10.6 Å². The van der Waals surface area contributed by atoms with Gasteiger partial charge in [0.05, 0.1) is 4.58 Å². The standard InChI is InChI=1S/C18H26N2O2S2/c1-20(15-7-9-19-10-8-15)17(21)13-22-16-5-3-14(4-6-16)18-23-11-2-12-24-18/h3-6,15,18-19H,2,7-13H2,1H3. The Balaban J connectivity index is 1.47. The SMILES string of the molecule is CN(C(=O)COc1ccc(C2SCCCS2)cc1)C1CCNCC1. The average molecular weight is 367 g/mol. The highest BCUT2D eigenvalue weighted by Gasteiger charge is 2.22. The van der Waals surface area contributed by atoms with Crippen molar-refractivity contribution in [1.29, 1.82) is 0 Å². The molecule has 2 heterocycles. The maximum Gasteiger partial charge on any atom is 0.260 e. The molecule has 0 saturated carbocycles. The second-order valence-corrected chi connectivity index (χ2v) is 8.99. The van der Waals surface area contributed by atoms with E-state index in [1.807, 2.05) is 47.6 Å². The van der Waals surface area contributed by atoms with Crippen LogP contribution in [0.15, 0.2) is 24.3 Å². The van der Waals surface area contributed by atoms with Gasteiger partial charge in [-0.25, -0.2) is 0 Å². The molecular formula is C18H26N2O2S2. The third kappa shape index (κ3) is 4.83. The fourth-order valence-corrected chi connectivity index (χ4v) is 5.94. The number of carbonyl (C=O) groups excluding carboxylic acids is 1. The zero-order valence-corrected chi connectivity index (χ0v) is 15.8. The summed E-state index contributed by atoms with van der Waals surface area (Å²) in [5.41, 5.74) is 1.34. The fourth-order valence-electron chi connectivity index (χ4n) is 3.05. The van der Waals surface area contributed by atoms with Gasteiger partial charge in [-0.05, 0) is 61.6 Å². The topological polar surface area (TPSA) is 41.6 Å². The van der Waals surface area contributed by atoms with Crippen molar-refractivity contribution < 1.29 is 9.53 Å². The minimum Gasteiger partial charge on any atom is -0.484 e. The van der Waals surface area contributed by atoms with Crippen LogP contribution in [0.1, 0.15) is 29.4 Å². The molecule has 6 heteroatoms. The quantitative estimate of drug-likeness (QED) is 0.867. The number of rotatable bonds is 5. The second kappa shape index (κ2) is 9.02. The first-order chi connectivity index (χ1) is 11.7. The number of hydrogen-bond donors (Lipinski definition) is 1. The summed E-state index contributed by atoms with van der Waals surface area (Å²) in [4.78, 5) is 14.2. The molecule has 0 atom stereocenters. The first-order valence-corrected chi connectivity index (χ1v) is 10.8. The summed E-state index contributed by atoms with van der Waals surface area (Å²) in [6.07, 6.45) is 3.35. The van der Waals surface area contributed by atoms with Gasteiger partial charge in [-0.3, -0.25) is 4.79 Å². The Morgan fingerprint density at radius 1 is 1.21 bits per heavy atom. The smallest absolute Gasteiger partial charge is 0.260 e. The van der Waals surface area contributed by atoms with Crippen LogP contribution in [0, 0.1) is 0 Å². The normalized spacial score (nSPS) is 19.9. The van der Waals surface area contributed by atoms with E-state index in [1.54, 1.807) is 0 Å². The lowest BCUT2D eigenvalue weighted by molar-refractivity contribution is -0.134. The number of piperidine rings is 1. The van der Waals surface area contributed by atoms with Crippen LogP contribution >= 0.6 is 23.5 Å². The van der Waals surface area contributed by atoms with Crippen LogP contribution < -0.4 is 10.1 Å². The Bertz CT molecular complexity index is 526. The van der Waals surface area contributed by atoms with E-state index in [2.05, 4.69) is 17.4 Å². The summed E-state index contributed by atoms with van der Waals surface area (Å²) in [6, 6.07) is 8.58. The number of likely N-dealkylation sites (N-methyl/N-ethyl adjacent to an activating group) is 1. The Morgan fingerprint density at radius 2 is 1.88 bits per heavy atom. The molecule has 0 spiro atoms. The average Bonchev–Trinajstić information content (AvgIpc) is 2.67. The Hall–Kier alpha value is -0.850. The lowest BCUT2D eigenvalue weighted by Gasteiger charge is -2.31. The van der Waals surface area contributed by atoms with Crippen LogP contribution in [0.4, 0.5) is 0 Å². The van der Waals surface area contributed by atoms with Crippen LogP contribution in [0.2, 0.25) is 0 Å². The minimum atomic E-state index is 0.0596. The van der Waals surface area contributed by atoms with Crippen molar-refractivity contribution in [1.82, 2.24) is 10.2 Å². The van der Waals surface area contributed by atoms with Gasteiger partial charge < -0.3 is 15.0 Å². The number of nitrogens with zero attached hydrogens (tertiary/aromatic N) is 1. The van der Waals surface area contributed by atoms with Gasteiger partial charge in [0.15, 0.2) is 6.61 Å². The third-order valence-corrected chi connectivity index (χ3v) is 7.61. The van der Waals surface area contributed by atoms with E-state index < -0.39 is 0 Å². The zero-order chi connectivity index (χ0) is 16.8. The molecule has 1 amide bonds. The third-order valence-electron chi connectivity index (χ3n) is 4.59. The summed E-state index contributed by atoms with van der Waals surface area (Å²) < 4.78 is 6.24. The van der Waals surface area contributed by atoms with E-state index >= 15 is 0 Å². The van der Waals surface area contributed by atoms with Crippen LogP contribution in [-0.4, -0.2) is 55.1 Å². The Morgan fingerprint density at radius 3 is 2.54 bits per heavy atom. The van der Waals surface area contributed by atoms with Gasteiger partial charge in [-0.2, -0.15) is 0 Å². The number of thioether (sulfide) groups is 2. The van der Waals surface area contributed by atoms with Gasteiger partial charge in [0.1, 0.15) is 5.75 Å². The number of ether oxygens (including phenoxy) is 1. The zero-order valence-electron chi connectivity index (χ0n) is 14.2. The van der Waals surface area contributed by atoms with Gasteiger partial charge in [0.25, 0.3) is 5.91 Å². The number of amides is 1. The Kier molecular flexibility index (Phi) is 6.75. The maximum atomic E-state index is 12.3. The largest absolute Gasteiger partial charge is 0.484 e. The highest BCUT2D eigenvalue weighted by molar-refractivity contribution is 8.16. The van der Waals surface area contributed by atoms with Gasteiger partial charge in [-0.1, -0.05) is 12.1 Å². The maximum absolute atomic E-state index is 12.3. The first-order valence-electron chi connectivity index (χ1n) is 8.66. The molecule has 1 aromatic carbocycles. The first kappa shape index (κ1) is 18.0. The number of nitrogens with one attached hydrogen (secondary N) is 1. The highest BCUT2D eigenvalue weighted by atomic mass is 32.2. The molecule has 1 aromatic rings. The van der Waals surface area contributed by atoms with Crippen molar-refractivity contribution in [2.24, 2.45) is 0 Å². The molecule has 3 rings (SSSR count). The summed E-state index contributed by atoms with van der Waals surface area (Å²) in [5.74, 6) is 3.32. The molecule has 2 fully saturated rings. The summed E-state index contributed by atoms with van der Waals surface area (Å²) in [7, 11) is 1.89. The van der Waals surface area contributed by atoms with E-state index in [9.17, 15) is 4.79 Å². The van der Waals surface area contributed by atoms with Crippen molar-refractivity contribution in [3.8, 4) is 5.75 Å². The monoisotopic (exact) mass is 366 g/mol. The van der Waals surface area contributed by atoms with Crippen molar-refractivity contribution in [3.63, 3.8) is 0 Å². The van der Waals surface area contributed by atoms with Gasteiger partial charge >= 0.3 is 0 Å². The van der Waals surface area contributed by atoms with E-state index in [4.69, 9.17) is 4.74 Å². The summed E-state index contributed by atoms with van der Waals surface area (Å²) in [6.45, 7) is 2.09. The molecule has 2 saturated heterocycles. The molecule has 24 heavy (non-hydrogen) atoms. The molecule has 0 aromatic heterocycles. The summed E-state index contributed by atoms with van der Waals surface area (Å²) >= 11 is 4.03. The molecule has 2 aliphatic heterocycles. The van der Waals surface area contributed by atoms with E-state index in [-0.39, 0.29) is 12.5 Å².